The van der Waals surface area contributed by atoms with Gasteiger partial charge in [-0.25, -0.2) is 4.79 Å². The van der Waals surface area contributed by atoms with E-state index in [0.717, 1.165) is 42.7 Å². The highest BCUT2D eigenvalue weighted by atomic mass is 31.1. The quantitative estimate of drug-likeness (QED) is 0.0454. The van der Waals surface area contributed by atoms with E-state index in [-0.39, 0.29) is 25.1 Å². The zero-order chi connectivity index (χ0) is 36.4. The summed E-state index contributed by atoms with van der Waals surface area (Å²) >= 11 is 0. The lowest BCUT2D eigenvalue weighted by atomic mass is 10.0. The van der Waals surface area contributed by atoms with Gasteiger partial charge in [0.05, 0.1) is 6.61 Å². The minimum Gasteiger partial charge on any atom is -0.456 e. The molecule has 14 nitrogen and oxygen atoms in total. The Hall–Kier alpha value is -2.48. The number of carbonyl (C=O) groups is 2. The normalized spacial score (nSPS) is 19.1. The van der Waals surface area contributed by atoms with E-state index in [9.17, 15) is 33.7 Å². The predicted octanol–water partition coefficient (Wildman–Crippen LogP) is 5.33. The number of aromatic nitrogens is 2. The first-order valence-corrected chi connectivity index (χ1v) is 19.8. The van der Waals surface area contributed by atoms with E-state index in [1.807, 2.05) is 0 Å². The van der Waals surface area contributed by atoms with Gasteiger partial charge in [-0.3, -0.25) is 23.9 Å². The van der Waals surface area contributed by atoms with Crippen molar-refractivity contribution in [1.82, 2.24) is 14.9 Å². The molecule has 50 heavy (non-hydrogen) atoms. The molecule has 1 aromatic heterocycles. The number of rotatable bonds is 30. The minimum absolute atomic E-state index is 0.199. The van der Waals surface area contributed by atoms with Gasteiger partial charge in [-0.15, -0.1) is 9.42 Å². The average Bonchev–Trinajstić information content (AvgIpc) is 3.42. The van der Waals surface area contributed by atoms with Crippen LogP contribution in [0, 0.1) is 0 Å². The maximum atomic E-state index is 12.3. The molecule has 1 aliphatic rings. The fraction of sp³-hybridized carbons (Fsp3) is 0.829. The Morgan fingerprint density at radius 3 is 2.04 bits per heavy atom. The van der Waals surface area contributed by atoms with Crippen LogP contribution in [0.4, 0.5) is 0 Å². The second-order valence-electron chi connectivity index (χ2n) is 13.0. The summed E-state index contributed by atoms with van der Waals surface area (Å²) in [5.41, 5.74) is -1.37. The molecular formula is C35H61N3O11P+. The van der Waals surface area contributed by atoms with Crippen molar-refractivity contribution < 1.29 is 42.9 Å². The number of aliphatic hydroxyl groups is 1. The highest BCUT2D eigenvalue weighted by molar-refractivity contribution is 7.32. The fourth-order valence-electron chi connectivity index (χ4n) is 6.05. The summed E-state index contributed by atoms with van der Waals surface area (Å²) in [4.78, 5) is 59.3. The molecule has 0 bridgehead atoms. The summed E-state index contributed by atoms with van der Waals surface area (Å²) in [6, 6.07) is 1.13. The van der Waals surface area contributed by atoms with Crippen LogP contribution in [0.1, 0.15) is 142 Å². The second-order valence-corrected chi connectivity index (χ2v) is 13.7. The molecule has 2 heterocycles. The van der Waals surface area contributed by atoms with Gasteiger partial charge in [0, 0.05) is 36.4 Å². The lowest BCUT2D eigenvalue weighted by molar-refractivity contribution is -0.148. The zero-order valence-corrected chi connectivity index (χ0v) is 30.8. The number of unbranched alkanes of at least 4 members (excludes halogenated alkanes) is 17. The van der Waals surface area contributed by atoms with Crippen molar-refractivity contribution in [3.05, 3.63) is 33.1 Å². The molecule has 0 saturated carbocycles. The van der Waals surface area contributed by atoms with Gasteiger partial charge in [-0.1, -0.05) is 110 Å². The maximum absolute atomic E-state index is 12.3. The number of hydrogen-bond acceptors (Lipinski definition) is 10. The molecule has 0 aromatic carbocycles. The summed E-state index contributed by atoms with van der Waals surface area (Å²) < 4.78 is 34.3. The van der Waals surface area contributed by atoms with Crippen molar-refractivity contribution in [3.63, 3.8) is 0 Å². The number of H-pyrrole nitrogens is 1. The third-order valence-electron chi connectivity index (χ3n) is 8.85. The number of aliphatic hydroxyl groups excluding tert-OH is 1. The molecule has 1 amide bonds. The summed E-state index contributed by atoms with van der Waals surface area (Å²) in [6.07, 6.45) is 18.9. The van der Waals surface area contributed by atoms with E-state index in [1.54, 1.807) is 0 Å². The first-order valence-electron chi connectivity index (χ1n) is 18.7. The van der Waals surface area contributed by atoms with Gasteiger partial charge in [-0.05, 0) is 19.3 Å². The van der Waals surface area contributed by atoms with Crippen LogP contribution in [-0.4, -0.2) is 76.1 Å². The third-order valence-corrected chi connectivity index (χ3v) is 9.28. The highest BCUT2D eigenvalue weighted by Crippen LogP contribution is 2.37. The van der Waals surface area contributed by atoms with Gasteiger partial charge in [0.1, 0.15) is 12.2 Å². The number of esters is 1. The predicted molar refractivity (Wildman–Crippen MR) is 189 cm³/mol. The lowest BCUT2D eigenvalue weighted by Crippen LogP contribution is -2.40. The highest BCUT2D eigenvalue weighted by Gasteiger charge is 2.51. The summed E-state index contributed by atoms with van der Waals surface area (Å²) in [5, 5.41) is 12.5. The van der Waals surface area contributed by atoms with Crippen molar-refractivity contribution in [2.45, 2.75) is 160 Å². The van der Waals surface area contributed by atoms with Crippen LogP contribution in [0.3, 0.4) is 0 Å². The van der Waals surface area contributed by atoms with Crippen molar-refractivity contribution in [1.29, 1.82) is 0 Å². The topological polar surface area (TPSA) is 195 Å². The largest absolute Gasteiger partial charge is 0.695 e. The molecule has 1 aromatic rings. The smallest absolute Gasteiger partial charge is 0.456 e. The molecule has 1 fully saturated rings. The van der Waals surface area contributed by atoms with E-state index in [1.165, 1.54) is 83.2 Å². The van der Waals surface area contributed by atoms with Gasteiger partial charge in [0.2, 0.25) is 0 Å². The Labute approximate surface area is 297 Å². The van der Waals surface area contributed by atoms with E-state index in [4.69, 9.17) is 18.7 Å². The average molecular weight is 731 g/mol. The SMILES string of the molecule is CCCCCCCCCCCCCCCCCC(=O)OCC(=O)NCCCCCCOC1C(O[P+](=O)O)C(CO)OC1n1ccc(=O)[nH]c1=O. The molecule has 1 saturated heterocycles. The number of hydrogen-bond donors (Lipinski definition) is 4. The van der Waals surface area contributed by atoms with Crippen molar-refractivity contribution >= 4 is 20.1 Å². The van der Waals surface area contributed by atoms with Gasteiger partial charge in [0.15, 0.2) is 18.9 Å². The van der Waals surface area contributed by atoms with Crippen LogP contribution in [0.2, 0.25) is 0 Å². The molecule has 15 heteroatoms. The number of amides is 1. The minimum atomic E-state index is -3.05. The molecule has 0 spiro atoms. The number of ether oxygens (including phenoxy) is 3. The Balaban J connectivity index is 1.48. The Morgan fingerprint density at radius 2 is 1.46 bits per heavy atom. The van der Waals surface area contributed by atoms with E-state index < -0.39 is 50.7 Å². The first kappa shape index (κ1) is 43.7. The van der Waals surface area contributed by atoms with Crippen molar-refractivity contribution in [3.8, 4) is 0 Å². The van der Waals surface area contributed by atoms with E-state index in [2.05, 4.69) is 17.2 Å². The van der Waals surface area contributed by atoms with Gasteiger partial charge in [0.25, 0.3) is 11.5 Å². The van der Waals surface area contributed by atoms with Crippen LogP contribution in [0.25, 0.3) is 0 Å². The number of carbonyl (C=O) groups excluding carboxylic acids is 2. The first-order chi connectivity index (χ1) is 24.3. The maximum Gasteiger partial charge on any atom is 0.695 e. The molecule has 5 atom stereocenters. The van der Waals surface area contributed by atoms with Gasteiger partial charge in [-0.2, -0.15) is 0 Å². The molecule has 0 aliphatic carbocycles. The number of nitrogens with zero attached hydrogens (tertiary/aromatic N) is 1. The molecule has 286 valence electrons. The van der Waals surface area contributed by atoms with Gasteiger partial charge >= 0.3 is 19.9 Å². The van der Waals surface area contributed by atoms with Crippen LogP contribution in [-0.2, 0) is 32.9 Å². The third kappa shape index (κ3) is 18.7. The van der Waals surface area contributed by atoms with Gasteiger partial charge < -0.3 is 24.6 Å². The van der Waals surface area contributed by atoms with Crippen LogP contribution in [0.15, 0.2) is 21.9 Å². The lowest BCUT2D eigenvalue weighted by Gasteiger charge is -2.22. The monoisotopic (exact) mass is 730 g/mol. The number of aromatic amines is 1. The van der Waals surface area contributed by atoms with Crippen molar-refractivity contribution in [2.75, 3.05) is 26.4 Å². The molecule has 5 unspecified atom stereocenters. The second kappa shape index (κ2) is 27.2. The Morgan fingerprint density at radius 1 is 0.880 bits per heavy atom. The Bertz CT molecular complexity index is 1210. The zero-order valence-electron chi connectivity index (χ0n) is 29.9. The van der Waals surface area contributed by atoms with E-state index >= 15 is 0 Å². The van der Waals surface area contributed by atoms with Crippen LogP contribution in [0.5, 0.6) is 0 Å². The Kier molecular flexibility index (Phi) is 23.8. The molecule has 1 aliphatic heterocycles. The van der Waals surface area contributed by atoms with Crippen LogP contribution >= 0.6 is 8.25 Å². The fourth-order valence-corrected chi connectivity index (χ4v) is 6.52. The van der Waals surface area contributed by atoms with Crippen LogP contribution < -0.4 is 16.6 Å². The van der Waals surface area contributed by atoms with E-state index in [0.29, 0.717) is 25.8 Å². The number of nitrogens with one attached hydrogen (secondary N) is 2. The van der Waals surface area contributed by atoms with Crippen molar-refractivity contribution in [2.24, 2.45) is 0 Å². The summed E-state index contributed by atoms with van der Waals surface area (Å²) in [7, 11) is -3.05. The summed E-state index contributed by atoms with van der Waals surface area (Å²) in [5.74, 6) is -0.686. The molecule has 4 N–H and O–H groups in total. The summed E-state index contributed by atoms with van der Waals surface area (Å²) in [6.45, 7) is 2.05. The molecular weight excluding hydrogens is 669 g/mol. The standard InChI is InChI=1S/C35H60N3O11P/c1-2-3-4-5-6-7-8-9-10-11-12-13-14-15-18-21-31(42)47-27-30(41)36-23-19-16-17-20-25-46-33-32(49-50(44)45)28(26-39)48-34(33)38-24-22-29(40)37-35(38)43/h22,24,28,32-34,39H,2-21,23,25-27H2,1H3,(H2-,36,37,40,41,43,44,45)/p+1. The molecule has 0 radical (unpaired) electrons. The molecule has 2 rings (SSSR count).